The average molecular weight is 283 g/mol. The van der Waals surface area contributed by atoms with Gasteiger partial charge in [0.05, 0.1) is 12.7 Å². The minimum absolute atomic E-state index is 0.282. The van der Waals surface area contributed by atoms with Gasteiger partial charge >= 0.3 is 0 Å². The van der Waals surface area contributed by atoms with Crippen molar-refractivity contribution in [1.82, 2.24) is 0 Å². The molecule has 1 fully saturated rings. The lowest BCUT2D eigenvalue weighted by atomic mass is 9.93. The largest absolute Gasteiger partial charge is 0.346 e. The monoisotopic (exact) mass is 282 g/mol. The van der Waals surface area contributed by atoms with Crippen LogP contribution in [0.3, 0.4) is 0 Å². The summed E-state index contributed by atoms with van der Waals surface area (Å²) in [6.45, 7) is 7.17. The normalized spacial score (nSPS) is 31.4. The molecule has 19 heavy (non-hydrogen) atoms. The molecule has 0 N–H and O–H groups in total. The molecular formula is C16H23ClO2. The Morgan fingerprint density at radius 1 is 1.26 bits per heavy atom. The van der Waals surface area contributed by atoms with Gasteiger partial charge in [0.15, 0.2) is 5.79 Å². The first-order valence-corrected chi connectivity index (χ1v) is 7.54. The predicted octanol–water partition coefficient (Wildman–Crippen LogP) is 4.75. The molecule has 0 amide bonds. The Morgan fingerprint density at radius 3 is 2.53 bits per heavy atom. The van der Waals surface area contributed by atoms with Gasteiger partial charge in [-0.25, -0.2) is 0 Å². The second-order valence-electron chi connectivity index (χ2n) is 5.38. The zero-order valence-corrected chi connectivity index (χ0v) is 12.7. The molecule has 0 aromatic heterocycles. The van der Waals surface area contributed by atoms with Crippen molar-refractivity contribution in [2.75, 3.05) is 6.61 Å². The molecule has 0 radical (unpaired) electrons. The fraction of sp³-hybridized carbons (Fsp3) is 0.625. The Morgan fingerprint density at radius 2 is 1.95 bits per heavy atom. The van der Waals surface area contributed by atoms with Crippen molar-refractivity contribution in [2.45, 2.75) is 51.9 Å². The molecule has 0 saturated carbocycles. The molecule has 1 aliphatic rings. The van der Waals surface area contributed by atoms with Gasteiger partial charge < -0.3 is 9.47 Å². The molecule has 2 nitrogen and oxygen atoms in total. The third kappa shape index (κ3) is 3.31. The maximum atomic E-state index is 6.28. The summed E-state index contributed by atoms with van der Waals surface area (Å²) >= 11 is 5.94. The molecular weight excluding hydrogens is 260 g/mol. The molecule has 1 heterocycles. The van der Waals surface area contributed by atoms with E-state index in [9.17, 15) is 0 Å². The van der Waals surface area contributed by atoms with Gasteiger partial charge in [0, 0.05) is 16.5 Å². The number of hydrogen-bond donors (Lipinski definition) is 0. The van der Waals surface area contributed by atoms with E-state index in [1.54, 1.807) is 0 Å². The van der Waals surface area contributed by atoms with E-state index in [0.29, 0.717) is 5.92 Å². The smallest absolute Gasteiger partial charge is 0.192 e. The second kappa shape index (κ2) is 6.25. The molecule has 2 rings (SSSR count). The number of rotatable bonds is 4. The van der Waals surface area contributed by atoms with Gasteiger partial charge in [-0.2, -0.15) is 0 Å². The molecule has 0 unspecified atom stereocenters. The van der Waals surface area contributed by atoms with Crippen molar-refractivity contribution < 1.29 is 9.47 Å². The van der Waals surface area contributed by atoms with Gasteiger partial charge in [0.1, 0.15) is 0 Å². The molecule has 3 atom stereocenters. The highest BCUT2D eigenvalue weighted by Crippen LogP contribution is 2.37. The summed E-state index contributed by atoms with van der Waals surface area (Å²) in [6.07, 6.45) is 3.61. The molecule has 1 aliphatic heterocycles. The molecule has 1 aromatic rings. The van der Waals surface area contributed by atoms with E-state index >= 15 is 0 Å². The topological polar surface area (TPSA) is 18.5 Å². The summed E-state index contributed by atoms with van der Waals surface area (Å²) < 4.78 is 12.3. The quantitative estimate of drug-likeness (QED) is 0.793. The Kier molecular flexibility index (Phi) is 4.88. The Balaban J connectivity index is 2.17. The summed E-state index contributed by atoms with van der Waals surface area (Å²) in [5.41, 5.74) is 1.03. The number of halogens is 1. The Bertz CT molecular complexity index is 404. The predicted molar refractivity (Wildman–Crippen MR) is 78.3 cm³/mol. The molecule has 1 saturated heterocycles. The van der Waals surface area contributed by atoms with Crippen molar-refractivity contribution in [3.05, 3.63) is 34.9 Å². The third-order valence-corrected chi connectivity index (χ3v) is 4.19. The van der Waals surface area contributed by atoms with Crippen molar-refractivity contribution in [1.29, 1.82) is 0 Å². The summed E-state index contributed by atoms with van der Waals surface area (Å²) in [5, 5.41) is 0.736. The highest BCUT2D eigenvalue weighted by atomic mass is 35.5. The fourth-order valence-corrected chi connectivity index (χ4v) is 2.78. The zero-order chi connectivity index (χ0) is 13.9. The first-order chi connectivity index (χ1) is 9.09. The summed E-state index contributed by atoms with van der Waals surface area (Å²) in [6, 6.07) is 7.74. The van der Waals surface area contributed by atoms with E-state index in [-0.39, 0.29) is 6.10 Å². The molecule has 0 aliphatic carbocycles. The summed E-state index contributed by atoms with van der Waals surface area (Å²) in [5.74, 6) is -0.142. The molecule has 0 spiro atoms. The van der Waals surface area contributed by atoms with Crippen LogP contribution in [0.4, 0.5) is 0 Å². The second-order valence-corrected chi connectivity index (χ2v) is 5.81. The van der Waals surface area contributed by atoms with Crippen LogP contribution in [0.5, 0.6) is 0 Å². The van der Waals surface area contributed by atoms with E-state index in [1.165, 1.54) is 0 Å². The van der Waals surface area contributed by atoms with Crippen molar-refractivity contribution in [2.24, 2.45) is 5.92 Å². The SMILES string of the molecule is CCC[C@@H]1O[C@](C)(c2ccc(Cl)cc2)OC[C@@H]1CC. The minimum Gasteiger partial charge on any atom is -0.346 e. The van der Waals surface area contributed by atoms with Crippen LogP contribution < -0.4 is 0 Å². The standard InChI is InChI=1S/C16H23ClO2/c1-4-6-15-12(5-2)11-18-16(3,19-15)13-7-9-14(17)10-8-13/h7-10,12,15H,4-6,11H2,1-3H3/t12-,15-,16+/m0/s1. The van der Waals surface area contributed by atoms with E-state index in [4.69, 9.17) is 21.1 Å². The lowest BCUT2D eigenvalue weighted by Gasteiger charge is -2.43. The van der Waals surface area contributed by atoms with Gasteiger partial charge in [-0.05, 0) is 31.9 Å². The zero-order valence-electron chi connectivity index (χ0n) is 12.0. The fourth-order valence-electron chi connectivity index (χ4n) is 2.66. The Hall–Kier alpha value is -0.570. The van der Waals surface area contributed by atoms with Crippen molar-refractivity contribution in [3.8, 4) is 0 Å². The van der Waals surface area contributed by atoms with Crippen LogP contribution in [0.25, 0.3) is 0 Å². The van der Waals surface area contributed by atoms with Gasteiger partial charge in [-0.15, -0.1) is 0 Å². The maximum absolute atomic E-state index is 6.28. The van der Waals surface area contributed by atoms with Crippen LogP contribution in [0, 0.1) is 5.92 Å². The lowest BCUT2D eigenvalue weighted by molar-refractivity contribution is -0.312. The van der Waals surface area contributed by atoms with Crippen molar-refractivity contribution in [3.63, 3.8) is 0 Å². The highest BCUT2D eigenvalue weighted by Gasteiger charge is 2.39. The minimum atomic E-state index is -0.643. The van der Waals surface area contributed by atoms with Crippen LogP contribution in [0.2, 0.25) is 5.02 Å². The van der Waals surface area contributed by atoms with Crippen LogP contribution in [-0.4, -0.2) is 12.7 Å². The van der Waals surface area contributed by atoms with Crippen LogP contribution in [0.1, 0.15) is 45.6 Å². The van der Waals surface area contributed by atoms with Gasteiger partial charge in [0.25, 0.3) is 0 Å². The molecule has 0 bridgehead atoms. The number of benzene rings is 1. The average Bonchev–Trinajstić information content (AvgIpc) is 2.40. The van der Waals surface area contributed by atoms with E-state index in [1.807, 2.05) is 31.2 Å². The first-order valence-electron chi connectivity index (χ1n) is 7.17. The van der Waals surface area contributed by atoms with Gasteiger partial charge in [-0.1, -0.05) is 44.0 Å². The number of hydrogen-bond acceptors (Lipinski definition) is 2. The number of ether oxygens (including phenoxy) is 2. The van der Waals surface area contributed by atoms with Crippen LogP contribution in [0.15, 0.2) is 24.3 Å². The van der Waals surface area contributed by atoms with E-state index < -0.39 is 5.79 Å². The molecule has 3 heteroatoms. The maximum Gasteiger partial charge on any atom is 0.192 e. The van der Waals surface area contributed by atoms with Crippen LogP contribution >= 0.6 is 11.6 Å². The Labute approximate surface area is 121 Å². The first kappa shape index (κ1) is 14.8. The van der Waals surface area contributed by atoms with Crippen molar-refractivity contribution >= 4 is 11.6 Å². The third-order valence-electron chi connectivity index (χ3n) is 3.94. The molecule has 1 aromatic carbocycles. The van der Waals surface area contributed by atoms with Gasteiger partial charge in [-0.3, -0.25) is 0 Å². The lowest BCUT2D eigenvalue weighted by Crippen LogP contribution is -2.45. The summed E-state index contributed by atoms with van der Waals surface area (Å²) in [7, 11) is 0. The van der Waals surface area contributed by atoms with Gasteiger partial charge in [0.2, 0.25) is 0 Å². The van der Waals surface area contributed by atoms with E-state index in [0.717, 1.165) is 36.5 Å². The molecule has 106 valence electrons. The van der Waals surface area contributed by atoms with Crippen LogP contribution in [-0.2, 0) is 15.3 Å². The summed E-state index contributed by atoms with van der Waals surface area (Å²) in [4.78, 5) is 0. The highest BCUT2D eigenvalue weighted by molar-refractivity contribution is 6.30. The van der Waals surface area contributed by atoms with E-state index in [2.05, 4.69) is 13.8 Å².